The first-order valence-electron chi connectivity index (χ1n) is 12.2. The molecular weight excluding hydrogens is 444 g/mol. The quantitative estimate of drug-likeness (QED) is 0.377. The van der Waals surface area contributed by atoms with Crippen LogP contribution in [0.2, 0.25) is 0 Å². The Balaban J connectivity index is 1.31. The topological polar surface area (TPSA) is 80.3 Å². The van der Waals surface area contributed by atoms with Crippen LogP contribution in [-0.2, 0) is 20.8 Å². The molecule has 7 nitrogen and oxygen atoms in total. The van der Waals surface area contributed by atoms with Crippen LogP contribution in [0.15, 0.2) is 48.5 Å². The number of carbonyl (C=O) groups excluding carboxylic acids is 1. The number of benzene rings is 2. The Labute approximate surface area is 207 Å². The van der Waals surface area contributed by atoms with Crippen LogP contribution in [0.1, 0.15) is 43.4 Å². The van der Waals surface area contributed by atoms with Crippen molar-refractivity contribution < 1.29 is 24.2 Å². The lowest BCUT2D eigenvalue weighted by Crippen LogP contribution is -2.47. The third-order valence-corrected chi connectivity index (χ3v) is 6.61. The van der Waals surface area contributed by atoms with Crippen molar-refractivity contribution >= 4 is 5.91 Å². The van der Waals surface area contributed by atoms with Gasteiger partial charge in [-0.2, -0.15) is 0 Å². The average Bonchev–Trinajstić information content (AvgIpc) is 2.87. The van der Waals surface area contributed by atoms with Gasteiger partial charge in [0.25, 0.3) is 5.91 Å². The van der Waals surface area contributed by atoms with Gasteiger partial charge in [0.1, 0.15) is 12.4 Å². The maximum absolute atomic E-state index is 12.2. The Morgan fingerprint density at radius 3 is 2.17 bits per heavy atom. The number of nitrogens with zero attached hydrogens (tertiary/aromatic N) is 1. The minimum absolute atomic E-state index is 0.183. The lowest BCUT2D eigenvalue weighted by atomic mass is 9.80. The summed E-state index contributed by atoms with van der Waals surface area (Å²) in [6, 6.07) is 15.9. The summed E-state index contributed by atoms with van der Waals surface area (Å²) in [4.78, 5) is 14.6. The van der Waals surface area contributed by atoms with E-state index in [4.69, 9.17) is 19.4 Å². The van der Waals surface area contributed by atoms with Gasteiger partial charge < -0.3 is 14.2 Å². The van der Waals surface area contributed by atoms with Gasteiger partial charge in [0.05, 0.1) is 17.6 Å². The van der Waals surface area contributed by atoms with E-state index in [0.717, 1.165) is 30.8 Å². The van der Waals surface area contributed by atoms with Crippen LogP contribution < -0.4 is 10.2 Å². The Bertz CT molecular complexity index is 1030. The predicted octanol–water partition coefficient (Wildman–Crippen LogP) is 3.38. The lowest BCUT2D eigenvalue weighted by molar-refractivity contribution is -0.148. The fraction of sp³-hybridized carbons (Fsp3) is 0.464. The van der Waals surface area contributed by atoms with Gasteiger partial charge in [-0.25, -0.2) is 5.48 Å². The van der Waals surface area contributed by atoms with Gasteiger partial charge in [-0.3, -0.25) is 14.9 Å². The molecule has 1 amide bonds. The standard InChI is InChI=1S/C28H34N2O5/c1-21-17-30(18-22(2)35-21)19-25-7-5-23(6-8-25)3-4-24-9-11-26(12-10-24)34-20-28(27(31)29-32)13-15-33-16-14-28/h5-12,21-22,32H,13-20H2,1-2H3,(H,29,31)/t21-,22+. The third kappa shape index (κ3) is 6.83. The van der Waals surface area contributed by atoms with E-state index >= 15 is 0 Å². The second-order valence-electron chi connectivity index (χ2n) is 9.55. The molecule has 2 N–H and O–H groups in total. The number of carbonyl (C=O) groups is 1. The number of rotatable bonds is 6. The molecule has 2 atom stereocenters. The number of ether oxygens (including phenoxy) is 3. The van der Waals surface area contributed by atoms with Gasteiger partial charge in [-0.05, 0) is 68.7 Å². The number of amides is 1. The van der Waals surface area contributed by atoms with Crippen molar-refractivity contribution in [1.82, 2.24) is 10.4 Å². The van der Waals surface area contributed by atoms with E-state index in [9.17, 15) is 4.79 Å². The second-order valence-corrected chi connectivity index (χ2v) is 9.55. The highest BCUT2D eigenvalue weighted by molar-refractivity contribution is 5.81. The summed E-state index contributed by atoms with van der Waals surface area (Å²) in [6.07, 6.45) is 1.55. The molecule has 35 heavy (non-hydrogen) atoms. The van der Waals surface area contributed by atoms with Gasteiger partial charge in [-0.1, -0.05) is 24.0 Å². The highest BCUT2D eigenvalue weighted by Crippen LogP contribution is 2.32. The minimum Gasteiger partial charge on any atom is -0.492 e. The Morgan fingerprint density at radius 2 is 1.60 bits per heavy atom. The molecule has 2 saturated heterocycles. The van der Waals surface area contributed by atoms with Crippen molar-refractivity contribution in [3.63, 3.8) is 0 Å². The van der Waals surface area contributed by atoms with E-state index < -0.39 is 11.3 Å². The van der Waals surface area contributed by atoms with E-state index in [1.807, 2.05) is 24.3 Å². The molecule has 2 heterocycles. The zero-order chi connectivity index (χ0) is 24.7. The highest BCUT2D eigenvalue weighted by Gasteiger charge is 2.41. The monoisotopic (exact) mass is 478 g/mol. The summed E-state index contributed by atoms with van der Waals surface area (Å²) in [5, 5.41) is 9.13. The maximum atomic E-state index is 12.2. The third-order valence-electron chi connectivity index (χ3n) is 6.61. The largest absolute Gasteiger partial charge is 0.492 e. The predicted molar refractivity (Wildman–Crippen MR) is 132 cm³/mol. The van der Waals surface area contributed by atoms with Crippen molar-refractivity contribution in [2.45, 2.75) is 45.4 Å². The number of hydrogen-bond acceptors (Lipinski definition) is 6. The number of hydroxylamine groups is 1. The molecular formula is C28H34N2O5. The summed E-state index contributed by atoms with van der Waals surface area (Å²) in [5.74, 6) is 6.64. The average molecular weight is 479 g/mol. The number of morpholine rings is 1. The van der Waals surface area contributed by atoms with Gasteiger partial charge in [0, 0.05) is 44.0 Å². The molecule has 0 saturated carbocycles. The van der Waals surface area contributed by atoms with Crippen molar-refractivity contribution in [3.8, 4) is 17.6 Å². The van der Waals surface area contributed by atoms with Gasteiger partial charge in [0.2, 0.25) is 0 Å². The second kappa shape index (κ2) is 11.7. The van der Waals surface area contributed by atoms with Crippen LogP contribution in [-0.4, -0.2) is 61.1 Å². The van der Waals surface area contributed by atoms with Gasteiger partial charge in [-0.15, -0.1) is 0 Å². The van der Waals surface area contributed by atoms with Crippen LogP contribution in [0.3, 0.4) is 0 Å². The van der Waals surface area contributed by atoms with E-state index in [2.05, 4.69) is 54.9 Å². The first-order chi connectivity index (χ1) is 17.0. The van der Waals surface area contributed by atoms with Gasteiger partial charge >= 0.3 is 0 Å². The normalized spacial score (nSPS) is 22.0. The SMILES string of the molecule is C[C@@H]1CN(Cc2ccc(C#Cc3ccc(OCC4(C(=O)NO)CCOCC4)cc3)cc2)C[C@H](C)O1. The molecule has 0 radical (unpaired) electrons. The van der Waals surface area contributed by atoms with Crippen molar-refractivity contribution in [2.24, 2.45) is 5.41 Å². The molecule has 4 rings (SSSR count). The molecule has 0 spiro atoms. The zero-order valence-electron chi connectivity index (χ0n) is 20.5. The first-order valence-corrected chi connectivity index (χ1v) is 12.2. The summed E-state index contributed by atoms with van der Waals surface area (Å²) < 4.78 is 17.1. The molecule has 2 aliphatic heterocycles. The van der Waals surface area contributed by atoms with E-state index in [1.54, 1.807) is 5.48 Å². The van der Waals surface area contributed by atoms with Crippen LogP contribution in [0.5, 0.6) is 5.75 Å². The maximum Gasteiger partial charge on any atom is 0.253 e. The van der Waals surface area contributed by atoms with E-state index in [1.165, 1.54) is 5.56 Å². The van der Waals surface area contributed by atoms with E-state index in [-0.39, 0.29) is 18.8 Å². The van der Waals surface area contributed by atoms with Crippen LogP contribution in [0.4, 0.5) is 0 Å². The van der Waals surface area contributed by atoms with Crippen molar-refractivity contribution in [2.75, 3.05) is 32.9 Å². The molecule has 0 aromatic heterocycles. The molecule has 0 unspecified atom stereocenters. The van der Waals surface area contributed by atoms with E-state index in [0.29, 0.717) is 31.8 Å². The summed E-state index contributed by atoms with van der Waals surface area (Å²) in [5.41, 5.74) is 4.12. The molecule has 2 fully saturated rings. The molecule has 2 aromatic rings. The lowest BCUT2D eigenvalue weighted by Gasteiger charge is -2.35. The summed E-state index contributed by atoms with van der Waals surface area (Å²) in [6.45, 7) is 8.20. The van der Waals surface area contributed by atoms with Crippen LogP contribution in [0.25, 0.3) is 0 Å². The molecule has 186 valence electrons. The Morgan fingerprint density at radius 1 is 1.03 bits per heavy atom. The zero-order valence-corrected chi connectivity index (χ0v) is 20.5. The van der Waals surface area contributed by atoms with Crippen LogP contribution >= 0.6 is 0 Å². The van der Waals surface area contributed by atoms with Crippen molar-refractivity contribution in [1.29, 1.82) is 0 Å². The van der Waals surface area contributed by atoms with Crippen molar-refractivity contribution in [3.05, 3.63) is 65.2 Å². The summed E-state index contributed by atoms with van der Waals surface area (Å²) in [7, 11) is 0. The highest BCUT2D eigenvalue weighted by atomic mass is 16.5. The fourth-order valence-electron chi connectivity index (χ4n) is 4.68. The molecule has 2 aliphatic rings. The minimum atomic E-state index is -0.782. The Hall–Kier alpha value is -2.89. The molecule has 7 heteroatoms. The molecule has 2 aromatic carbocycles. The van der Waals surface area contributed by atoms with Crippen LogP contribution in [0, 0.1) is 17.3 Å². The van der Waals surface area contributed by atoms with Gasteiger partial charge in [0.15, 0.2) is 0 Å². The number of nitrogens with one attached hydrogen (secondary N) is 1. The first kappa shape index (κ1) is 25.2. The summed E-state index contributed by atoms with van der Waals surface area (Å²) >= 11 is 0. The number of hydrogen-bond donors (Lipinski definition) is 2. The fourth-order valence-corrected chi connectivity index (χ4v) is 4.68. The molecule has 0 bridgehead atoms. The molecule has 0 aliphatic carbocycles. The smallest absolute Gasteiger partial charge is 0.253 e. The Kier molecular flexibility index (Phi) is 8.42.